The van der Waals surface area contributed by atoms with Crippen LogP contribution in [0.5, 0.6) is 0 Å². The molecular weight excluding hydrogens is 264 g/mol. The van der Waals surface area contributed by atoms with Crippen LogP contribution >= 0.6 is 0 Å². The van der Waals surface area contributed by atoms with E-state index in [0.29, 0.717) is 26.0 Å². The lowest BCUT2D eigenvalue weighted by Crippen LogP contribution is -2.58. The molecule has 114 valence electrons. The Bertz CT molecular complexity index is 502. The van der Waals surface area contributed by atoms with Crippen molar-refractivity contribution >= 4 is 5.91 Å². The normalized spacial score (nSPS) is 23.9. The van der Waals surface area contributed by atoms with E-state index in [4.69, 9.17) is 10.5 Å². The van der Waals surface area contributed by atoms with Crippen LogP contribution in [-0.4, -0.2) is 42.1 Å². The molecule has 1 aliphatic heterocycles. The third-order valence-corrected chi connectivity index (χ3v) is 4.62. The second-order valence-electron chi connectivity index (χ2n) is 6.25. The Hall–Kier alpha value is -1.39. The summed E-state index contributed by atoms with van der Waals surface area (Å²) in [5.74, 6) is 0.0862. The molecular formula is C17H24N2O2. The Balaban J connectivity index is 1.71. The van der Waals surface area contributed by atoms with Crippen LogP contribution in [0.1, 0.15) is 30.9 Å². The molecule has 1 aliphatic carbocycles. The van der Waals surface area contributed by atoms with Gasteiger partial charge in [0.2, 0.25) is 5.91 Å². The van der Waals surface area contributed by atoms with Gasteiger partial charge in [0, 0.05) is 19.7 Å². The van der Waals surface area contributed by atoms with E-state index in [9.17, 15) is 4.79 Å². The summed E-state index contributed by atoms with van der Waals surface area (Å²) in [7, 11) is 0. The third kappa shape index (κ3) is 2.83. The molecule has 1 atom stereocenters. The van der Waals surface area contributed by atoms with Crippen molar-refractivity contribution in [3.63, 3.8) is 0 Å². The van der Waals surface area contributed by atoms with Crippen LogP contribution in [0.2, 0.25) is 0 Å². The monoisotopic (exact) mass is 288 g/mol. The molecule has 0 aromatic heterocycles. The summed E-state index contributed by atoms with van der Waals surface area (Å²) in [5, 5.41) is 0. The summed E-state index contributed by atoms with van der Waals surface area (Å²) in [5.41, 5.74) is 8.13. The molecule has 2 N–H and O–H groups in total. The van der Waals surface area contributed by atoms with Gasteiger partial charge in [-0.2, -0.15) is 0 Å². The van der Waals surface area contributed by atoms with Crippen LogP contribution in [0.4, 0.5) is 0 Å². The van der Waals surface area contributed by atoms with Gasteiger partial charge in [0.15, 0.2) is 0 Å². The number of piperidine rings is 1. The summed E-state index contributed by atoms with van der Waals surface area (Å²) in [4.78, 5) is 14.8. The molecule has 1 fully saturated rings. The predicted octanol–water partition coefficient (Wildman–Crippen LogP) is 1.51. The highest BCUT2D eigenvalue weighted by Crippen LogP contribution is 2.30. The van der Waals surface area contributed by atoms with Gasteiger partial charge < -0.3 is 15.4 Å². The number of benzene rings is 1. The number of nitrogens with zero attached hydrogens (tertiary/aromatic N) is 1. The highest BCUT2D eigenvalue weighted by molar-refractivity contribution is 5.88. The van der Waals surface area contributed by atoms with Crippen LogP contribution in [0.15, 0.2) is 24.3 Å². The highest BCUT2D eigenvalue weighted by atomic mass is 16.5. The molecule has 0 radical (unpaired) electrons. The topological polar surface area (TPSA) is 55.6 Å². The minimum absolute atomic E-state index is 0.0862. The predicted molar refractivity (Wildman–Crippen MR) is 82.0 cm³/mol. The number of hydrogen-bond acceptors (Lipinski definition) is 3. The number of hydrogen-bond donors (Lipinski definition) is 1. The fraction of sp³-hybridized carbons (Fsp3) is 0.588. The Morgan fingerprint density at radius 3 is 2.67 bits per heavy atom. The molecule has 1 unspecified atom stereocenters. The van der Waals surface area contributed by atoms with Crippen LogP contribution in [0, 0.1) is 0 Å². The highest BCUT2D eigenvalue weighted by Gasteiger charge is 2.43. The first-order chi connectivity index (χ1) is 10.1. The van der Waals surface area contributed by atoms with Crippen LogP contribution in [-0.2, 0) is 22.4 Å². The first-order valence-corrected chi connectivity index (χ1v) is 7.89. The van der Waals surface area contributed by atoms with Gasteiger partial charge in [-0.3, -0.25) is 4.79 Å². The van der Waals surface area contributed by atoms with E-state index in [1.807, 2.05) is 24.0 Å². The maximum absolute atomic E-state index is 12.9. The SMILES string of the molecule is CCOC1CCCN(C(=O)C2(N)Cc3ccccc3C2)C1. The van der Waals surface area contributed by atoms with Crippen molar-refractivity contribution in [1.82, 2.24) is 4.90 Å². The van der Waals surface area contributed by atoms with Crippen molar-refractivity contribution in [2.24, 2.45) is 5.73 Å². The van der Waals surface area contributed by atoms with E-state index in [0.717, 1.165) is 19.4 Å². The molecule has 1 amide bonds. The number of fused-ring (bicyclic) bond motifs is 1. The van der Waals surface area contributed by atoms with E-state index >= 15 is 0 Å². The van der Waals surface area contributed by atoms with E-state index in [2.05, 4.69) is 12.1 Å². The molecule has 4 heteroatoms. The van der Waals surface area contributed by atoms with Crippen molar-refractivity contribution < 1.29 is 9.53 Å². The molecule has 1 saturated heterocycles. The summed E-state index contributed by atoms with van der Waals surface area (Å²) < 4.78 is 5.69. The van der Waals surface area contributed by atoms with Crippen molar-refractivity contribution in [2.75, 3.05) is 19.7 Å². The molecule has 0 bridgehead atoms. The standard InChI is InChI=1S/C17H24N2O2/c1-2-21-15-8-5-9-19(12-15)16(20)17(18)10-13-6-3-4-7-14(13)11-17/h3-4,6-7,15H,2,5,8-12,18H2,1H3. The number of nitrogens with two attached hydrogens (primary N) is 1. The maximum atomic E-state index is 12.9. The van der Waals surface area contributed by atoms with Gasteiger partial charge in [-0.05, 0) is 43.7 Å². The third-order valence-electron chi connectivity index (χ3n) is 4.62. The van der Waals surface area contributed by atoms with Crippen LogP contribution in [0.25, 0.3) is 0 Å². The van der Waals surface area contributed by atoms with Gasteiger partial charge in [-0.1, -0.05) is 24.3 Å². The Labute approximate surface area is 126 Å². The smallest absolute Gasteiger partial charge is 0.243 e. The van der Waals surface area contributed by atoms with Gasteiger partial charge in [-0.15, -0.1) is 0 Å². The Kier molecular flexibility index (Phi) is 4.00. The molecule has 2 aliphatic rings. The van der Waals surface area contributed by atoms with E-state index in [-0.39, 0.29) is 12.0 Å². The largest absolute Gasteiger partial charge is 0.377 e. The average molecular weight is 288 g/mol. The number of rotatable bonds is 3. The molecule has 21 heavy (non-hydrogen) atoms. The fourth-order valence-electron chi connectivity index (χ4n) is 3.61. The first kappa shape index (κ1) is 14.5. The van der Waals surface area contributed by atoms with Gasteiger partial charge in [0.1, 0.15) is 5.54 Å². The quantitative estimate of drug-likeness (QED) is 0.917. The van der Waals surface area contributed by atoms with Gasteiger partial charge in [0.05, 0.1) is 6.10 Å². The molecule has 0 spiro atoms. The zero-order valence-corrected chi connectivity index (χ0v) is 12.7. The minimum Gasteiger partial charge on any atom is -0.377 e. The lowest BCUT2D eigenvalue weighted by molar-refractivity contribution is -0.140. The van der Waals surface area contributed by atoms with E-state index < -0.39 is 5.54 Å². The molecule has 1 aromatic rings. The number of likely N-dealkylation sites (tertiary alicyclic amines) is 1. The summed E-state index contributed by atoms with van der Waals surface area (Å²) in [6, 6.07) is 8.19. The number of ether oxygens (including phenoxy) is 1. The van der Waals surface area contributed by atoms with Crippen molar-refractivity contribution in [2.45, 2.75) is 44.2 Å². The molecule has 1 aromatic carbocycles. The second kappa shape index (κ2) is 5.78. The summed E-state index contributed by atoms with van der Waals surface area (Å²) in [6.45, 7) is 4.18. The first-order valence-electron chi connectivity index (χ1n) is 7.89. The lowest BCUT2D eigenvalue weighted by Gasteiger charge is -2.37. The summed E-state index contributed by atoms with van der Waals surface area (Å²) >= 11 is 0. The number of carbonyl (C=O) groups excluding carboxylic acids is 1. The molecule has 3 rings (SSSR count). The van der Waals surface area contributed by atoms with E-state index in [1.54, 1.807) is 0 Å². The van der Waals surface area contributed by atoms with Gasteiger partial charge in [-0.25, -0.2) is 0 Å². The van der Waals surface area contributed by atoms with Crippen LogP contribution < -0.4 is 5.73 Å². The van der Waals surface area contributed by atoms with Gasteiger partial charge in [0.25, 0.3) is 0 Å². The molecule has 4 nitrogen and oxygen atoms in total. The zero-order chi connectivity index (χ0) is 14.9. The number of carbonyl (C=O) groups is 1. The minimum atomic E-state index is -0.766. The lowest BCUT2D eigenvalue weighted by atomic mass is 9.93. The van der Waals surface area contributed by atoms with Crippen molar-refractivity contribution in [3.8, 4) is 0 Å². The summed E-state index contributed by atoms with van der Waals surface area (Å²) in [6.07, 6.45) is 3.50. The van der Waals surface area contributed by atoms with Crippen molar-refractivity contribution in [1.29, 1.82) is 0 Å². The zero-order valence-electron chi connectivity index (χ0n) is 12.7. The maximum Gasteiger partial charge on any atom is 0.243 e. The average Bonchev–Trinajstić information content (AvgIpc) is 2.84. The Morgan fingerprint density at radius 1 is 1.38 bits per heavy atom. The Morgan fingerprint density at radius 2 is 2.05 bits per heavy atom. The molecule has 1 heterocycles. The van der Waals surface area contributed by atoms with Crippen LogP contribution in [0.3, 0.4) is 0 Å². The number of amides is 1. The van der Waals surface area contributed by atoms with Gasteiger partial charge >= 0.3 is 0 Å². The fourth-order valence-corrected chi connectivity index (χ4v) is 3.61. The van der Waals surface area contributed by atoms with E-state index in [1.165, 1.54) is 11.1 Å². The second-order valence-corrected chi connectivity index (χ2v) is 6.25. The van der Waals surface area contributed by atoms with Crippen molar-refractivity contribution in [3.05, 3.63) is 35.4 Å². The molecule has 0 saturated carbocycles.